The third kappa shape index (κ3) is 4.43. The normalized spacial score (nSPS) is 21.2. The van der Waals surface area contributed by atoms with Crippen molar-refractivity contribution in [3.8, 4) is 0 Å². The highest BCUT2D eigenvalue weighted by Gasteiger charge is 2.43. The predicted molar refractivity (Wildman–Crippen MR) is 108 cm³/mol. The molecule has 1 saturated heterocycles. The van der Waals surface area contributed by atoms with Gasteiger partial charge in [0.25, 0.3) is 0 Å². The molecule has 28 heavy (non-hydrogen) atoms. The Hall–Kier alpha value is -1.80. The first kappa shape index (κ1) is 20.9. The lowest BCUT2D eigenvalue weighted by atomic mass is 9.86. The van der Waals surface area contributed by atoms with E-state index in [1.165, 1.54) is 11.6 Å². The Kier molecular flexibility index (Phi) is 5.91. The van der Waals surface area contributed by atoms with Crippen LogP contribution in [0, 0.1) is 5.82 Å². The van der Waals surface area contributed by atoms with E-state index in [9.17, 15) is 12.8 Å². The van der Waals surface area contributed by atoms with Crippen LogP contribution in [0.2, 0.25) is 0 Å². The number of halogens is 1. The van der Waals surface area contributed by atoms with Gasteiger partial charge in [-0.3, -0.25) is 4.84 Å². The average Bonchev–Trinajstić information content (AvgIpc) is 3.03. The maximum atomic E-state index is 13.8. The van der Waals surface area contributed by atoms with E-state index in [1.807, 2.05) is 24.3 Å². The molecule has 0 aromatic heterocycles. The molecule has 1 aliphatic rings. The van der Waals surface area contributed by atoms with Crippen LogP contribution in [0.15, 0.2) is 48.5 Å². The van der Waals surface area contributed by atoms with Crippen LogP contribution in [0.3, 0.4) is 0 Å². The topological polar surface area (TPSA) is 58.6 Å². The van der Waals surface area contributed by atoms with Gasteiger partial charge in [-0.2, -0.15) is 5.06 Å². The van der Waals surface area contributed by atoms with Crippen molar-refractivity contribution < 1.29 is 17.6 Å². The molecule has 1 heterocycles. The van der Waals surface area contributed by atoms with Crippen molar-refractivity contribution in [2.75, 3.05) is 13.7 Å². The second kappa shape index (κ2) is 7.91. The van der Waals surface area contributed by atoms with Gasteiger partial charge in [0, 0.05) is 19.2 Å². The molecule has 0 bridgehead atoms. The van der Waals surface area contributed by atoms with E-state index < -0.39 is 27.1 Å². The first-order valence-electron chi connectivity index (χ1n) is 9.27. The lowest BCUT2D eigenvalue weighted by Crippen LogP contribution is -2.39. The molecule has 152 valence electrons. The summed E-state index contributed by atoms with van der Waals surface area (Å²) >= 11 is 0. The summed E-state index contributed by atoms with van der Waals surface area (Å²) in [7, 11) is -2.00. The molecule has 1 N–H and O–H groups in total. The summed E-state index contributed by atoms with van der Waals surface area (Å²) in [5.41, 5.74) is 2.37. The number of sulfonamides is 1. The number of hydrogen-bond acceptors (Lipinski definition) is 4. The molecule has 0 amide bonds. The van der Waals surface area contributed by atoms with E-state index in [-0.39, 0.29) is 18.6 Å². The van der Waals surface area contributed by atoms with E-state index in [4.69, 9.17) is 4.84 Å². The van der Waals surface area contributed by atoms with Crippen LogP contribution in [0.4, 0.5) is 4.39 Å². The Labute approximate surface area is 166 Å². The van der Waals surface area contributed by atoms with Gasteiger partial charge in [-0.05, 0) is 22.6 Å². The van der Waals surface area contributed by atoms with Gasteiger partial charge in [0.1, 0.15) is 11.1 Å². The molecule has 1 fully saturated rings. The van der Waals surface area contributed by atoms with E-state index >= 15 is 0 Å². The quantitative estimate of drug-likeness (QED) is 0.825. The van der Waals surface area contributed by atoms with Gasteiger partial charge in [0.05, 0.1) is 12.6 Å². The van der Waals surface area contributed by atoms with Crippen LogP contribution >= 0.6 is 0 Å². The van der Waals surface area contributed by atoms with Gasteiger partial charge in [-0.25, -0.2) is 17.5 Å². The SMILES string of the molecule is CN1OC[C@H](S(=O)(=O)NCc2ccccc2F)[C@@H]1c1ccc(C(C)(C)C)cc1. The number of hydrogen-bond donors (Lipinski definition) is 1. The fourth-order valence-corrected chi connectivity index (χ4v) is 4.87. The lowest BCUT2D eigenvalue weighted by molar-refractivity contribution is -0.110. The zero-order valence-electron chi connectivity index (χ0n) is 16.6. The van der Waals surface area contributed by atoms with Gasteiger partial charge in [0.2, 0.25) is 10.0 Å². The highest BCUT2D eigenvalue weighted by atomic mass is 32.2. The molecule has 3 rings (SSSR count). The summed E-state index contributed by atoms with van der Waals surface area (Å²) in [5.74, 6) is -0.431. The van der Waals surface area contributed by atoms with Crippen molar-refractivity contribution >= 4 is 10.0 Å². The Morgan fingerprint density at radius 1 is 1.14 bits per heavy atom. The van der Waals surface area contributed by atoms with Gasteiger partial charge in [-0.1, -0.05) is 63.2 Å². The standard InChI is InChI=1S/C21H27FN2O3S/c1-21(2,3)17-11-9-15(10-12-17)20-19(14-27-24(20)4)28(25,26)23-13-16-7-5-6-8-18(16)22/h5-12,19-20,23H,13-14H2,1-4H3/t19-,20-/m0/s1. The summed E-state index contributed by atoms with van der Waals surface area (Å²) in [6, 6.07) is 13.7. The maximum Gasteiger partial charge on any atom is 0.219 e. The molecule has 7 heteroatoms. The lowest BCUT2D eigenvalue weighted by Gasteiger charge is -2.25. The molecule has 0 aliphatic carbocycles. The summed E-state index contributed by atoms with van der Waals surface area (Å²) in [5, 5.41) is 0.795. The summed E-state index contributed by atoms with van der Waals surface area (Å²) < 4.78 is 42.2. The smallest absolute Gasteiger partial charge is 0.219 e. The molecule has 2 atom stereocenters. The second-order valence-electron chi connectivity index (χ2n) is 8.15. The van der Waals surface area contributed by atoms with Crippen LogP contribution in [0.5, 0.6) is 0 Å². The molecule has 0 unspecified atom stereocenters. The Balaban J connectivity index is 1.81. The molecular formula is C21H27FN2O3S. The Morgan fingerprint density at radius 2 is 1.79 bits per heavy atom. The van der Waals surface area contributed by atoms with Crippen LogP contribution in [-0.4, -0.2) is 32.4 Å². The van der Waals surface area contributed by atoms with E-state index in [0.717, 1.165) is 5.56 Å². The highest BCUT2D eigenvalue weighted by molar-refractivity contribution is 7.90. The molecule has 2 aromatic carbocycles. The first-order valence-corrected chi connectivity index (χ1v) is 10.8. The van der Waals surface area contributed by atoms with Gasteiger partial charge in [0.15, 0.2) is 0 Å². The third-order valence-electron chi connectivity index (χ3n) is 5.12. The van der Waals surface area contributed by atoms with Crippen LogP contribution in [0.1, 0.15) is 43.5 Å². The largest absolute Gasteiger partial charge is 0.297 e. The maximum absolute atomic E-state index is 13.8. The number of benzene rings is 2. The number of nitrogens with one attached hydrogen (secondary N) is 1. The van der Waals surface area contributed by atoms with Crippen molar-refractivity contribution in [2.45, 2.75) is 44.0 Å². The minimum absolute atomic E-state index is 0.0173. The first-order chi connectivity index (χ1) is 13.1. The number of hydroxylamine groups is 2. The monoisotopic (exact) mass is 406 g/mol. The van der Waals surface area contributed by atoms with Gasteiger partial charge >= 0.3 is 0 Å². The predicted octanol–water partition coefficient (Wildman–Crippen LogP) is 3.53. The fourth-order valence-electron chi connectivity index (χ4n) is 3.39. The highest BCUT2D eigenvalue weighted by Crippen LogP contribution is 2.34. The van der Waals surface area contributed by atoms with Crippen LogP contribution < -0.4 is 4.72 Å². The summed E-state index contributed by atoms with van der Waals surface area (Å²) in [6.07, 6.45) is 0. The minimum Gasteiger partial charge on any atom is -0.297 e. The van der Waals surface area contributed by atoms with Crippen molar-refractivity contribution in [1.82, 2.24) is 9.79 Å². The van der Waals surface area contributed by atoms with Crippen molar-refractivity contribution in [3.63, 3.8) is 0 Å². The van der Waals surface area contributed by atoms with Gasteiger partial charge in [-0.15, -0.1) is 0 Å². The van der Waals surface area contributed by atoms with Crippen LogP contribution in [-0.2, 0) is 26.8 Å². The molecule has 1 aliphatic heterocycles. The number of nitrogens with zero attached hydrogens (tertiary/aromatic N) is 1. The summed E-state index contributed by atoms with van der Waals surface area (Å²) in [4.78, 5) is 5.53. The summed E-state index contributed by atoms with van der Waals surface area (Å²) in [6.45, 7) is 6.35. The zero-order chi connectivity index (χ0) is 20.5. The molecule has 5 nitrogen and oxygen atoms in total. The molecule has 0 spiro atoms. The van der Waals surface area contributed by atoms with Crippen molar-refractivity contribution in [3.05, 3.63) is 71.0 Å². The molecule has 0 saturated carbocycles. The second-order valence-corrected chi connectivity index (χ2v) is 10.1. The third-order valence-corrected chi connectivity index (χ3v) is 6.86. The minimum atomic E-state index is -3.73. The van der Waals surface area contributed by atoms with E-state index in [0.29, 0.717) is 5.56 Å². The average molecular weight is 407 g/mol. The van der Waals surface area contributed by atoms with Crippen molar-refractivity contribution in [1.29, 1.82) is 0 Å². The molecule has 0 radical (unpaired) electrons. The molecular weight excluding hydrogens is 379 g/mol. The number of rotatable bonds is 5. The Bertz CT molecular complexity index is 923. The van der Waals surface area contributed by atoms with Crippen molar-refractivity contribution in [2.24, 2.45) is 0 Å². The Morgan fingerprint density at radius 3 is 2.39 bits per heavy atom. The van der Waals surface area contributed by atoms with E-state index in [1.54, 1.807) is 30.3 Å². The zero-order valence-corrected chi connectivity index (χ0v) is 17.5. The van der Waals surface area contributed by atoms with Gasteiger partial charge < -0.3 is 0 Å². The molecule has 2 aromatic rings. The van der Waals surface area contributed by atoms with Crippen LogP contribution in [0.25, 0.3) is 0 Å². The fraction of sp³-hybridized carbons (Fsp3) is 0.429. The van der Waals surface area contributed by atoms with E-state index in [2.05, 4.69) is 25.5 Å².